The summed E-state index contributed by atoms with van der Waals surface area (Å²) in [7, 11) is 1.63. The molecular formula is C22H26ClN3O3S. The van der Waals surface area contributed by atoms with E-state index in [0.717, 1.165) is 22.5 Å². The minimum absolute atomic E-state index is 0.193. The van der Waals surface area contributed by atoms with Gasteiger partial charge in [-0.1, -0.05) is 35.5 Å². The van der Waals surface area contributed by atoms with Crippen LogP contribution in [0.4, 0.5) is 0 Å². The summed E-state index contributed by atoms with van der Waals surface area (Å²) in [6.07, 6.45) is -0.282. The van der Waals surface area contributed by atoms with Gasteiger partial charge in [-0.05, 0) is 57.2 Å². The first-order chi connectivity index (χ1) is 14.5. The minimum Gasteiger partial charge on any atom is -0.493 e. The van der Waals surface area contributed by atoms with Gasteiger partial charge in [0, 0.05) is 16.8 Å². The molecule has 0 radical (unpaired) electrons. The van der Waals surface area contributed by atoms with Crippen LogP contribution in [0.3, 0.4) is 0 Å². The van der Waals surface area contributed by atoms with Crippen molar-refractivity contribution in [3.05, 3.63) is 59.4 Å². The molecule has 0 saturated carbocycles. The van der Waals surface area contributed by atoms with Crippen LogP contribution in [0.1, 0.15) is 38.7 Å². The van der Waals surface area contributed by atoms with Crippen molar-refractivity contribution < 1.29 is 14.2 Å². The molecule has 0 amide bonds. The van der Waals surface area contributed by atoms with E-state index in [0.29, 0.717) is 23.1 Å². The van der Waals surface area contributed by atoms with Gasteiger partial charge in [-0.25, -0.2) is 0 Å². The molecular weight excluding hydrogens is 422 g/mol. The van der Waals surface area contributed by atoms with Crippen molar-refractivity contribution in [2.45, 2.75) is 38.1 Å². The van der Waals surface area contributed by atoms with Crippen molar-refractivity contribution in [3.8, 4) is 17.2 Å². The van der Waals surface area contributed by atoms with Gasteiger partial charge in [0.2, 0.25) is 0 Å². The first-order valence-corrected chi connectivity index (χ1v) is 11.1. The Morgan fingerprint density at radius 3 is 2.37 bits per heavy atom. The van der Waals surface area contributed by atoms with Gasteiger partial charge < -0.3 is 18.8 Å². The molecule has 160 valence electrons. The third-order valence-electron chi connectivity index (χ3n) is 4.34. The molecule has 8 heteroatoms. The molecule has 1 heterocycles. The molecule has 30 heavy (non-hydrogen) atoms. The lowest BCUT2D eigenvalue weighted by Gasteiger charge is -2.19. The van der Waals surface area contributed by atoms with Gasteiger partial charge in [-0.2, -0.15) is 0 Å². The first-order valence-electron chi connectivity index (χ1n) is 9.75. The Kier molecular flexibility index (Phi) is 7.87. The summed E-state index contributed by atoms with van der Waals surface area (Å²) in [5, 5.41) is 10.3. The number of hydrogen-bond acceptors (Lipinski definition) is 6. The zero-order valence-electron chi connectivity index (χ0n) is 17.5. The van der Waals surface area contributed by atoms with E-state index in [9.17, 15) is 0 Å². The Morgan fingerprint density at radius 2 is 1.70 bits per heavy atom. The van der Waals surface area contributed by atoms with Crippen LogP contribution in [0.15, 0.2) is 53.7 Å². The van der Waals surface area contributed by atoms with Crippen LogP contribution in [0.25, 0.3) is 0 Å². The highest BCUT2D eigenvalue weighted by atomic mass is 35.5. The maximum atomic E-state index is 6.13. The van der Waals surface area contributed by atoms with Crippen molar-refractivity contribution in [1.82, 2.24) is 14.8 Å². The number of rotatable bonds is 10. The van der Waals surface area contributed by atoms with Crippen molar-refractivity contribution in [3.63, 3.8) is 0 Å². The topological polar surface area (TPSA) is 58.4 Å². The molecule has 0 bridgehead atoms. The predicted octanol–water partition coefficient (Wildman–Crippen LogP) is 5.83. The smallest absolute Gasteiger partial charge is 0.191 e. The van der Waals surface area contributed by atoms with E-state index in [2.05, 4.69) is 28.6 Å². The van der Waals surface area contributed by atoms with Crippen LogP contribution in [0.5, 0.6) is 17.2 Å². The summed E-state index contributed by atoms with van der Waals surface area (Å²) in [6, 6.07) is 15.1. The Hall–Kier alpha value is -2.38. The number of methoxy groups -OCH3 is 1. The maximum absolute atomic E-state index is 6.13. The van der Waals surface area contributed by atoms with Crippen LogP contribution < -0.4 is 14.2 Å². The lowest BCUT2D eigenvalue weighted by Crippen LogP contribution is -2.15. The molecule has 1 atom stereocenters. The van der Waals surface area contributed by atoms with Crippen molar-refractivity contribution >= 4 is 23.4 Å². The van der Waals surface area contributed by atoms with Gasteiger partial charge in [-0.15, -0.1) is 10.2 Å². The second-order valence-corrected chi connectivity index (χ2v) is 8.36. The van der Waals surface area contributed by atoms with E-state index in [-0.39, 0.29) is 12.1 Å². The van der Waals surface area contributed by atoms with E-state index in [1.54, 1.807) is 18.9 Å². The maximum Gasteiger partial charge on any atom is 0.191 e. The number of hydrogen-bond donors (Lipinski definition) is 0. The normalized spacial score (nSPS) is 12.1. The fraction of sp³-hybridized carbons (Fsp3) is 0.364. The summed E-state index contributed by atoms with van der Waals surface area (Å²) in [6.45, 7) is 6.74. The number of thioether (sulfide) groups is 1. The standard InChI is InChI=1S/C22H26ClN3O3S/c1-15(2)26-21(16(3)29-20-8-6-5-7-19(20)27-4)24-25-22(26)30-14-13-28-18-11-9-17(23)10-12-18/h5-12,15-16H,13-14H2,1-4H3. The highest BCUT2D eigenvalue weighted by Crippen LogP contribution is 2.32. The van der Waals surface area contributed by atoms with Crippen LogP contribution in [0.2, 0.25) is 5.02 Å². The van der Waals surface area contributed by atoms with Gasteiger partial charge in [-0.3, -0.25) is 0 Å². The molecule has 2 aromatic carbocycles. The molecule has 0 spiro atoms. The van der Waals surface area contributed by atoms with E-state index in [1.165, 1.54) is 0 Å². The third kappa shape index (κ3) is 5.61. The molecule has 3 rings (SSSR count). The van der Waals surface area contributed by atoms with Crippen LogP contribution in [-0.4, -0.2) is 34.2 Å². The van der Waals surface area contributed by atoms with E-state index in [4.69, 9.17) is 25.8 Å². The van der Waals surface area contributed by atoms with Gasteiger partial charge in [0.05, 0.1) is 13.7 Å². The van der Waals surface area contributed by atoms with Gasteiger partial charge in [0.25, 0.3) is 0 Å². The largest absolute Gasteiger partial charge is 0.493 e. The molecule has 1 aromatic heterocycles. The molecule has 6 nitrogen and oxygen atoms in total. The molecule has 1 unspecified atom stereocenters. The van der Waals surface area contributed by atoms with Crippen molar-refractivity contribution in [1.29, 1.82) is 0 Å². The minimum atomic E-state index is -0.282. The van der Waals surface area contributed by atoms with Gasteiger partial charge in [0.15, 0.2) is 28.6 Å². The summed E-state index contributed by atoms with van der Waals surface area (Å²) >= 11 is 7.51. The highest BCUT2D eigenvalue weighted by molar-refractivity contribution is 7.99. The van der Waals surface area contributed by atoms with Crippen LogP contribution in [0, 0.1) is 0 Å². The highest BCUT2D eigenvalue weighted by Gasteiger charge is 2.22. The molecule has 0 N–H and O–H groups in total. The Balaban J connectivity index is 1.64. The quantitative estimate of drug-likeness (QED) is 0.288. The molecule has 3 aromatic rings. The summed E-state index contributed by atoms with van der Waals surface area (Å²) in [4.78, 5) is 0. The Morgan fingerprint density at radius 1 is 1.00 bits per heavy atom. The number of aromatic nitrogens is 3. The zero-order valence-corrected chi connectivity index (χ0v) is 19.1. The lowest BCUT2D eigenvalue weighted by atomic mass is 10.3. The summed E-state index contributed by atoms with van der Waals surface area (Å²) < 4.78 is 19.4. The van der Waals surface area contributed by atoms with E-state index >= 15 is 0 Å². The lowest BCUT2D eigenvalue weighted by molar-refractivity contribution is 0.198. The zero-order chi connectivity index (χ0) is 21.5. The number of ether oxygens (including phenoxy) is 3. The van der Waals surface area contributed by atoms with Gasteiger partial charge in [0.1, 0.15) is 5.75 Å². The Bertz CT molecular complexity index is 947. The van der Waals surface area contributed by atoms with Crippen LogP contribution >= 0.6 is 23.4 Å². The number of benzene rings is 2. The van der Waals surface area contributed by atoms with Gasteiger partial charge >= 0.3 is 0 Å². The fourth-order valence-corrected chi connectivity index (χ4v) is 3.95. The van der Waals surface area contributed by atoms with Crippen molar-refractivity contribution in [2.75, 3.05) is 19.5 Å². The average molecular weight is 448 g/mol. The molecule has 0 fully saturated rings. The average Bonchev–Trinajstić information content (AvgIpc) is 3.17. The van der Waals surface area contributed by atoms with Crippen molar-refractivity contribution in [2.24, 2.45) is 0 Å². The van der Waals surface area contributed by atoms with E-state index in [1.807, 2.05) is 55.5 Å². The third-order valence-corrected chi connectivity index (χ3v) is 5.50. The molecule has 0 aliphatic rings. The number of nitrogens with zero attached hydrogens (tertiary/aromatic N) is 3. The second kappa shape index (κ2) is 10.6. The summed E-state index contributed by atoms with van der Waals surface area (Å²) in [5.74, 6) is 3.68. The molecule has 0 saturated heterocycles. The summed E-state index contributed by atoms with van der Waals surface area (Å²) in [5.41, 5.74) is 0. The van der Waals surface area contributed by atoms with Crippen LogP contribution in [-0.2, 0) is 0 Å². The second-order valence-electron chi connectivity index (χ2n) is 6.87. The number of para-hydroxylation sites is 2. The Labute approximate surface area is 186 Å². The molecule has 0 aliphatic heterocycles. The van der Waals surface area contributed by atoms with E-state index < -0.39 is 0 Å². The predicted molar refractivity (Wildman–Crippen MR) is 120 cm³/mol. The molecule has 0 aliphatic carbocycles. The number of halogens is 1. The monoisotopic (exact) mass is 447 g/mol. The fourth-order valence-electron chi connectivity index (χ4n) is 2.93. The first kappa shape index (κ1) is 22.3. The SMILES string of the molecule is COc1ccccc1OC(C)c1nnc(SCCOc2ccc(Cl)cc2)n1C(C)C.